The molecule has 0 saturated carbocycles. The zero-order valence-electron chi connectivity index (χ0n) is 10.6. The Morgan fingerprint density at radius 2 is 2.37 bits per heavy atom. The van der Waals surface area contributed by atoms with E-state index in [1.165, 1.54) is 18.0 Å². The fourth-order valence-corrected chi connectivity index (χ4v) is 1.36. The second-order valence-electron chi connectivity index (χ2n) is 3.82. The molecule has 9 nitrogen and oxygen atoms in total. The van der Waals surface area contributed by atoms with Gasteiger partial charge in [0.15, 0.2) is 5.69 Å². The van der Waals surface area contributed by atoms with Gasteiger partial charge in [-0.1, -0.05) is 5.21 Å². The number of carbonyl (C=O) groups is 2. The molecular formula is C10H17N5O4. The number of methoxy groups -OCH3 is 1. The number of nitrogens with zero attached hydrogens (tertiary/aromatic N) is 3. The summed E-state index contributed by atoms with van der Waals surface area (Å²) in [7, 11) is 1.49. The van der Waals surface area contributed by atoms with E-state index in [2.05, 4.69) is 15.6 Å². The van der Waals surface area contributed by atoms with Crippen molar-refractivity contribution < 1.29 is 19.4 Å². The SMILES string of the molecule is COC(CN)CC(=O)NCCn1cc(C(=O)O)nn1. The molecule has 0 fully saturated rings. The lowest BCUT2D eigenvalue weighted by Gasteiger charge is -2.12. The van der Waals surface area contributed by atoms with Gasteiger partial charge >= 0.3 is 5.97 Å². The minimum atomic E-state index is -1.14. The Labute approximate surface area is 109 Å². The molecule has 1 amide bonds. The van der Waals surface area contributed by atoms with Crippen molar-refractivity contribution in [2.24, 2.45) is 5.73 Å². The lowest BCUT2D eigenvalue weighted by Crippen LogP contribution is -2.33. The zero-order chi connectivity index (χ0) is 14.3. The van der Waals surface area contributed by atoms with Crippen LogP contribution in [0.5, 0.6) is 0 Å². The first kappa shape index (κ1) is 15.1. The number of aromatic carboxylic acids is 1. The van der Waals surface area contributed by atoms with Gasteiger partial charge in [0.25, 0.3) is 0 Å². The van der Waals surface area contributed by atoms with Gasteiger partial charge < -0.3 is 20.9 Å². The molecule has 1 rings (SSSR count). The maximum Gasteiger partial charge on any atom is 0.358 e. The van der Waals surface area contributed by atoms with E-state index < -0.39 is 5.97 Å². The van der Waals surface area contributed by atoms with Crippen molar-refractivity contribution in [3.8, 4) is 0 Å². The molecule has 1 unspecified atom stereocenters. The molecule has 1 aromatic heterocycles. The fraction of sp³-hybridized carbons (Fsp3) is 0.600. The molecule has 0 aliphatic carbocycles. The molecule has 1 heterocycles. The summed E-state index contributed by atoms with van der Waals surface area (Å²) in [5.74, 6) is -1.32. The van der Waals surface area contributed by atoms with E-state index in [-0.39, 0.29) is 30.7 Å². The van der Waals surface area contributed by atoms with Crippen LogP contribution in [0.3, 0.4) is 0 Å². The van der Waals surface area contributed by atoms with Crippen molar-refractivity contribution in [3.05, 3.63) is 11.9 Å². The minimum Gasteiger partial charge on any atom is -0.476 e. The Morgan fingerprint density at radius 3 is 2.89 bits per heavy atom. The number of hydrogen-bond acceptors (Lipinski definition) is 6. The summed E-state index contributed by atoms with van der Waals surface area (Å²) in [5.41, 5.74) is 5.27. The molecule has 0 saturated heterocycles. The van der Waals surface area contributed by atoms with Gasteiger partial charge in [0.2, 0.25) is 5.91 Å². The first-order valence-corrected chi connectivity index (χ1v) is 5.69. The molecular weight excluding hydrogens is 254 g/mol. The summed E-state index contributed by atoms with van der Waals surface area (Å²) in [4.78, 5) is 22.1. The van der Waals surface area contributed by atoms with Crippen LogP contribution in [0.2, 0.25) is 0 Å². The Kier molecular flexibility index (Phi) is 5.90. The van der Waals surface area contributed by atoms with E-state index >= 15 is 0 Å². The van der Waals surface area contributed by atoms with Crippen LogP contribution in [-0.2, 0) is 16.1 Å². The fourth-order valence-electron chi connectivity index (χ4n) is 1.36. The highest BCUT2D eigenvalue weighted by Gasteiger charge is 2.11. The Morgan fingerprint density at radius 1 is 1.63 bits per heavy atom. The second kappa shape index (κ2) is 7.44. The van der Waals surface area contributed by atoms with E-state index in [0.717, 1.165) is 0 Å². The zero-order valence-corrected chi connectivity index (χ0v) is 10.6. The number of carboxylic acid groups (broad SMARTS) is 1. The van der Waals surface area contributed by atoms with E-state index in [1.807, 2.05) is 0 Å². The normalized spacial score (nSPS) is 12.1. The van der Waals surface area contributed by atoms with Crippen LogP contribution in [0.15, 0.2) is 6.20 Å². The highest BCUT2D eigenvalue weighted by atomic mass is 16.5. The second-order valence-corrected chi connectivity index (χ2v) is 3.82. The first-order valence-electron chi connectivity index (χ1n) is 5.69. The average molecular weight is 271 g/mol. The molecule has 1 atom stereocenters. The molecule has 0 bridgehead atoms. The van der Waals surface area contributed by atoms with Crippen LogP contribution < -0.4 is 11.1 Å². The number of nitrogens with two attached hydrogens (primary N) is 1. The Bertz CT molecular complexity index is 429. The highest BCUT2D eigenvalue weighted by molar-refractivity contribution is 5.84. The number of nitrogens with one attached hydrogen (secondary N) is 1. The van der Waals surface area contributed by atoms with Gasteiger partial charge in [-0.05, 0) is 0 Å². The molecule has 0 aromatic carbocycles. The third-order valence-corrected chi connectivity index (χ3v) is 2.43. The highest BCUT2D eigenvalue weighted by Crippen LogP contribution is 1.95. The predicted octanol–water partition coefficient (Wildman–Crippen LogP) is -1.54. The van der Waals surface area contributed by atoms with Gasteiger partial charge in [-0.2, -0.15) is 0 Å². The molecule has 4 N–H and O–H groups in total. The van der Waals surface area contributed by atoms with Gasteiger partial charge in [0, 0.05) is 20.2 Å². The van der Waals surface area contributed by atoms with Crippen LogP contribution in [-0.4, -0.2) is 58.3 Å². The number of hydrogen-bond donors (Lipinski definition) is 3. The largest absolute Gasteiger partial charge is 0.476 e. The third kappa shape index (κ3) is 5.02. The summed E-state index contributed by atoms with van der Waals surface area (Å²) in [6.45, 7) is 0.934. The van der Waals surface area contributed by atoms with Crippen molar-refractivity contribution in [1.82, 2.24) is 20.3 Å². The van der Waals surface area contributed by atoms with Crippen LogP contribution in [0.1, 0.15) is 16.9 Å². The first-order chi connectivity index (χ1) is 9.06. The van der Waals surface area contributed by atoms with Crippen LogP contribution in [0, 0.1) is 0 Å². The standard InChI is InChI=1S/C10H17N5O4/c1-19-7(5-11)4-9(16)12-2-3-15-6-8(10(17)18)13-14-15/h6-7H,2-5,11H2,1H3,(H,12,16)(H,17,18). The van der Waals surface area contributed by atoms with E-state index in [4.69, 9.17) is 15.6 Å². The third-order valence-electron chi connectivity index (χ3n) is 2.43. The van der Waals surface area contributed by atoms with Crippen molar-refractivity contribution in [2.75, 3.05) is 20.2 Å². The van der Waals surface area contributed by atoms with E-state index in [0.29, 0.717) is 13.1 Å². The van der Waals surface area contributed by atoms with Crippen molar-refractivity contribution in [3.63, 3.8) is 0 Å². The van der Waals surface area contributed by atoms with E-state index in [9.17, 15) is 9.59 Å². The van der Waals surface area contributed by atoms with Crippen LogP contribution in [0.4, 0.5) is 0 Å². The maximum absolute atomic E-state index is 11.5. The van der Waals surface area contributed by atoms with E-state index in [1.54, 1.807) is 0 Å². The molecule has 0 aliphatic heterocycles. The molecule has 0 aliphatic rings. The molecule has 106 valence electrons. The monoisotopic (exact) mass is 271 g/mol. The lowest BCUT2D eigenvalue weighted by atomic mass is 10.2. The maximum atomic E-state index is 11.5. The number of carboxylic acids is 1. The Hall–Kier alpha value is -2.00. The average Bonchev–Trinajstić information content (AvgIpc) is 2.85. The van der Waals surface area contributed by atoms with Crippen molar-refractivity contribution >= 4 is 11.9 Å². The number of aromatic nitrogens is 3. The Balaban J connectivity index is 2.29. The summed E-state index contributed by atoms with van der Waals surface area (Å²) < 4.78 is 6.33. The predicted molar refractivity (Wildman–Crippen MR) is 64.5 cm³/mol. The number of ether oxygens (including phenoxy) is 1. The van der Waals surface area contributed by atoms with Gasteiger partial charge in [-0.3, -0.25) is 4.79 Å². The molecule has 1 aromatic rings. The van der Waals surface area contributed by atoms with Gasteiger partial charge in [-0.15, -0.1) is 5.10 Å². The van der Waals surface area contributed by atoms with Gasteiger partial charge in [0.1, 0.15) is 0 Å². The summed E-state index contributed by atoms with van der Waals surface area (Å²) >= 11 is 0. The quantitative estimate of drug-likeness (QED) is 0.521. The summed E-state index contributed by atoms with van der Waals surface area (Å²) in [6.07, 6.45) is 1.18. The topological polar surface area (TPSA) is 132 Å². The molecule has 19 heavy (non-hydrogen) atoms. The molecule has 0 radical (unpaired) electrons. The number of carbonyl (C=O) groups excluding carboxylic acids is 1. The van der Waals surface area contributed by atoms with Crippen LogP contribution in [0.25, 0.3) is 0 Å². The van der Waals surface area contributed by atoms with Crippen molar-refractivity contribution in [2.45, 2.75) is 19.1 Å². The van der Waals surface area contributed by atoms with Gasteiger partial charge in [0.05, 0.1) is 25.3 Å². The molecule has 9 heteroatoms. The molecule has 0 spiro atoms. The number of rotatable bonds is 8. The summed E-state index contributed by atoms with van der Waals surface area (Å²) in [5, 5.41) is 18.4. The van der Waals surface area contributed by atoms with Crippen LogP contribution >= 0.6 is 0 Å². The minimum absolute atomic E-state index is 0.131. The smallest absolute Gasteiger partial charge is 0.358 e. The lowest BCUT2D eigenvalue weighted by molar-refractivity contribution is -0.123. The summed E-state index contributed by atoms with van der Waals surface area (Å²) in [6, 6.07) is 0. The van der Waals surface area contributed by atoms with Gasteiger partial charge in [-0.25, -0.2) is 9.48 Å². The van der Waals surface area contributed by atoms with Crippen molar-refractivity contribution in [1.29, 1.82) is 0 Å². The number of amides is 1.